The van der Waals surface area contributed by atoms with Gasteiger partial charge >= 0.3 is 0 Å². The zero-order chi connectivity index (χ0) is 6.85. The molecule has 9 heavy (non-hydrogen) atoms. The smallest absolute Gasteiger partial charge is 0.122 e. The first-order valence-electron chi connectivity index (χ1n) is 3.29. The molecule has 0 aromatic carbocycles. The van der Waals surface area contributed by atoms with Gasteiger partial charge in [0.2, 0.25) is 0 Å². The van der Waals surface area contributed by atoms with Crippen molar-refractivity contribution in [2.24, 2.45) is 16.8 Å². The zero-order valence-electron chi connectivity index (χ0n) is 5.72. The van der Waals surface area contributed by atoms with E-state index in [1.54, 1.807) is 0 Å². The number of nitrogens with one attached hydrogen (secondary N) is 1. The molecule has 1 rings (SSSR count). The molecular weight excluding hydrogens is 112 g/mol. The molecule has 0 heterocycles. The molecule has 0 amide bonds. The first-order valence-corrected chi connectivity index (χ1v) is 3.29. The Bertz CT molecular complexity index is 134. The minimum atomic E-state index is 0.428. The molecule has 0 aromatic heterocycles. The highest BCUT2D eigenvalue weighted by Crippen LogP contribution is 2.33. The first kappa shape index (κ1) is 6.46. The van der Waals surface area contributed by atoms with Gasteiger partial charge in [0, 0.05) is 5.92 Å². The molecule has 0 aliphatic heterocycles. The van der Waals surface area contributed by atoms with Crippen molar-refractivity contribution in [1.29, 1.82) is 5.41 Å². The number of aliphatic imine (C=N–C) groups is 1. The van der Waals surface area contributed by atoms with Crippen LogP contribution in [-0.4, -0.2) is 12.6 Å². The fourth-order valence-corrected chi connectivity index (χ4v) is 1.25. The van der Waals surface area contributed by atoms with Crippen molar-refractivity contribution in [3.8, 4) is 0 Å². The maximum Gasteiger partial charge on any atom is 0.122 e. The molecule has 0 unspecified atom stereocenters. The predicted molar refractivity (Wildman–Crippen MR) is 39.2 cm³/mol. The Morgan fingerprint density at radius 3 is 2.56 bits per heavy atom. The first-order chi connectivity index (χ1) is 4.24. The van der Waals surface area contributed by atoms with Gasteiger partial charge in [0.15, 0.2) is 0 Å². The van der Waals surface area contributed by atoms with Gasteiger partial charge in [0.05, 0.1) is 0 Å². The van der Waals surface area contributed by atoms with Crippen LogP contribution in [0.2, 0.25) is 0 Å². The molecule has 1 aliphatic rings. The lowest BCUT2D eigenvalue weighted by Crippen LogP contribution is -2.26. The van der Waals surface area contributed by atoms with E-state index in [0.29, 0.717) is 11.8 Å². The summed E-state index contributed by atoms with van der Waals surface area (Å²) in [6.07, 6.45) is 2.27. The van der Waals surface area contributed by atoms with Gasteiger partial charge in [0.25, 0.3) is 0 Å². The largest absolute Gasteiger partial charge is 0.286 e. The van der Waals surface area contributed by atoms with Crippen molar-refractivity contribution in [1.82, 2.24) is 0 Å². The van der Waals surface area contributed by atoms with E-state index < -0.39 is 0 Å². The third-order valence-corrected chi connectivity index (χ3v) is 1.93. The average Bonchev–Trinajstić information content (AvgIpc) is 1.79. The van der Waals surface area contributed by atoms with Crippen LogP contribution in [0, 0.1) is 17.2 Å². The van der Waals surface area contributed by atoms with Crippen LogP contribution in [0.3, 0.4) is 0 Å². The van der Waals surface area contributed by atoms with E-state index >= 15 is 0 Å². The molecule has 1 saturated carbocycles. The summed E-state index contributed by atoms with van der Waals surface area (Å²) < 4.78 is 0. The van der Waals surface area contributed by atoms with Crippen molar-refractivity contribution in [3.63, 3.8) is 0 Å². The molecule has 50 valence electrons. The second-order valence-corrected chi connectivity index (χ2v) is 2.82. The van der Waals surface area contributed by atoms with Gasteiger partial charge in [-0.25, -0.2) is 4.99 Å². The zero-order valence-corrected chi connectivity index (χ0v) is 5.72. The number of nitrogens with zero attached hydrogens (tertiary/aromatic N) is 1. The van der Waals surface area contributed by atoms with Gasteiger partial charge in [-0.3, -0.25) is 5.41 Å². The second kappa shape index (κ2) is 2.29. The third kappa shape index (κ3) is 1.18. The molecule has 0 bridgehead atoms. The van der Waals surface area contributed by atoms with E-state index in [1.807, 2.05) is 0 Å². The molecule has 2 heteroatoms. The highest BCUT2D eigenvalue weighted by Gasteiger charge is 2.28. The standard InChI is InChI=1S/C7H12N2/c1-5-3-6(4-5)7(8)9-2/h5-6,8H,2-4H2,1H3. The lowest BCUT2D eigenvalue weighted by molar-refractivity contribution is 0.279. The highest BCUT2D eigenvalue weighted by atomic mass is 14.8. The molecule has 0 radical (unpaired) electrons. The lowest BCUT2D eigenvalue weighted by Gasteiger charge is -2.31. The average molecular weight is 124 g/mol. The second-order valence-electron chi connectivity index (χ2n) is 2.82. The van der Waals surface area contributed by atoms with Crippen LogP contribution in [0.4, 0.5) is 0 Å². The Labute approximate surface area is 55.5 Å². The minimum absolute atomic E-state index is 0.428. The van der Waals surface area contributed by atoms with Gasteiger partial charge in [0.1, 0.15) is 5.84 Å². The summed E-state index contributed by atoms with van der Waals surface area (Å²) >= 11 is 0. The van der Waals surface area contributed by atoms with Crippen LogP contribution < -0.4 is 0 Å². The molecule has 0 spiro atoms. The third-order valence-electron chi connectivity index (χ3n) is 1.93. The number of hydrogen-bond acceptors (Lipinski definition) is 1. The Kier molecular flexibility index (Phi) is 1.65. The Morgan fingerprint density at radius 2 is 2.22 bits per heavy atom. The van der Waals surface area contributed by atoms with Crippen molar-refractivity contribution in [3.05, 3.63) is 0 Å². The molecule has 1 fully saturated rings. The topological polar surface area (TPSA) is 36.2 Å². The SMILES string of the molecule is C=NC(=N)C1CC(C)C1. The van der Waals surface area contributed by atoms with E-state index in [0.717, 1.165) is 18.8 Å². The van der Waals surface area contributed by atoms with Gasteiger partial charge in [-0.15, -0.1) is 0 Å². The maximum absolute atomic E-state index is 7.26. The molecule has 1 aliphatic carbocycles. The van der Waals surface area contributed by atoms with Crippen molar-refractivity contribution in [2.45, 2.75) is 19.8 Å². The summed E-state index contributed by atoms with van der Waals surface area (Å²) in [5, 5.41) is 7.26. The molecule has 0 aromatic rings. The summed E-state index contributed by atoms with van der Waals surface area (Å²) in [4.78, 5) is 3.58. The van der Waals surface area contributed by atoms with E-state index in [2.05, 4.69) is 18.6 Å². The number of hydrogen-bond donors (Lipinski definition) is 1. The molecular formula is C7H12N2. The summed E-state index contributed by atoms with van der Waals surface area (Å²) in [5.74, 6) is 1.71. The molecule has 1 N–H and O–H groups in total. The van der Waals surface area contributed by atoms with Crippen LogP contribution in [0.15, 0.2) is 4.99 Å². The van der Waals surface area contributed by atoms with Crippen LogP contribution in [0.1, 0.15) is 19.8 Å². The Hall–Kier alpha value is -0.660. The summed E-state index contributed by atoms with van der Waals surface area (Å²) in [6.45, 7) is 5.52. The monoisotopic (exact) mass is 124 g/mol. The number of amidine groups is 1. The summed E-state index contributed by atoms with van der Waals surface area (Å²) in [6, 6.07) is 0. The van der Waals surface area contributed by atoms with Crippen LogP contribution >= 0.6 is 0 Å². The van der Waals surface area contributed by atoms with Crippen molar-refractivity contribution < 1.29 is 0 Å². The summed E-state index contributed by atoms with van der Waals surface area (Å²) in [7, 11) is 0. The van der Waals surface area contributed by atoms with Crippen molar-refractivity contribution >= 4 is 12.6 Å². The van der Waals surface area contributed by atoms with Crippen LogP contribution in [0.25, 0.3) is 0 Å². The highest BCUT2D eigenvalue weighted by molar-refractivity contribution is 5.86. The van der Waals surface area contributed by atoms with E-state index in [1.165, 1.54) is 0 Å². The Balaban J connectivity index is 2.31. The molecule has 0 saturated heterocycles. The Morgan fingerprint density at radius 1 is 1.67 bits per heavy atom. The fourth-order valence-electron chi connectivity index (χ4n) is 1.25. The normalized spacial score (nSPS) is 33.0. The molecule has 2 nitrogen and oxygen atoms in total. The predicted octanol–water partition coefficient (Wildman–Crippen LogP) is 1.71. The summed E-state index contributed by atoms with van der Waals surface area (Å²) in [5.41, 5.74) is 0. The maximum atomic E-state index is 7.26. The quantitative estimate of drug-likeness (QED) is 0.408. The lowest BCUT2D eigenvalue weighted by atomic mass is 9.75. The van der Waals surface area contributed by atoms with Crippen molar-refractivity contribution in [2.75, 3.05) is 0 Å². The number of rotatable bonds is 1. The van der Waals surface area contributed by atoms with Gasteiger partial charge in [-0.1, -0.05) is 6.92 Å². The fraction of sp³-hybridized carbons (Fsp3) is 0.714. The van der Waals surface area contributed by atoms with E-state index in [-0.39, 0.29) is 0 Å². The van der Waals surface area contributed by atoms with E-state index in [4.69, 9.17) is 5.41 Å². The van der Waals surface area contributed by atoms with Gasteiger partial charge < -0.3 is 0 Å². The van der Waals surface area contributed by atoms with E-state index in [9.17, 15) is 0 Å². The van der Waals surface area contributed by atoms with Gasteiger partial charge in [-0.05, 0) is 25.5 Å². The van der Waals surface area contributed by atoms with Gasteiger partial charge in [-0.2, -0.15) is 0 Å². The van der Waals surface area contributed by atoms with Crippen LogP contribution in [-0.2, 0) is 0 Å². The van der Waals surface area contributed by atoms with Crippen LogP contribution in [0.5, 0.6) is 0 Å². The molecule has 0 atom stereocenters. The minimum Gasteiger partial charge on any atom is -0.286 e.